The van der Waals surface area contributed by atoms with Crippen LogP contribution in [0.4, 0.5) is 4.79 Å². The van der Waals surface area contributed by atoms with Gasteiger partial charge in [0.15, 0.2) is 0 Å². The normalized spacial score (nSPS) is 11.4. The van der Waals surface area contributed by atoms with E-state index in [1.807, 2.05) is 20.8 Å². The molecular weight excluding hydrogens is 326 g/mol. The van der Waals surface area contributed by atoms with Gasteiger partial charge in [-0.05, 0) is 40.0 Å². The predicted octanol–water partition coefficient (Wildman–Crippen LogP) is 6.56. The van der Waals surface area contributed by atoms with Crippen LogP contribution in [0.25, 0.3) is 0 Å². The molecular formula is C22H43NO3. The lowest BCUT2D eigenvalue weighted by Crippen LogP contribution is -2.33. The molecule has 0 rings (SSSR count). The van der Waals surface area contributed by atoms with Crippen LogP contribution in [-0.2, 0) is 9.53 Å². The van der Waals surface area contributed by atoms with Gasteiger partial charge in [-0.3, -0.25) is 4.79 Å². The molecule has 0 atom stereocenters. The lowest BCUT2D eigenvalue weighted by Gasteiger charge is -2.19. The lowest BCUT2D eigenvalue weighted by molar-refractivity contribution is -0.119. The topological polar surface area (TPSA) is 55.4 Å². The second-order valence-electron chi connectivity index (χ2n) is 8.36. The maximum atomic E-state index is 11.9. The quantitative estimate of drug-likeness (QED) is 0.313. The number of ether oxygens (including phenoxy) is 1. The summed E-state index contributed by atoms with van der Waals surface area (Å²) < 4.78 is 5.17. The first-order chi connectivity index (χ1) is 12.3. The van der Waals surface area contributed by atoms with Gasteiger partial charge in [0, 0.05) is 19.4 Å². The highest BCUT2D eigenvalue weighted by molar-refractivity contribution is 5.78. The molecule has 0 saturated carbocycles. The second kappa shape index (κ2) is 16.1. The van der Waals surface area contributed by atoms with Gasteiger partial charge in [-0.1, -0.05) is 64.7 Å². The number of carbonyl (C=O) groups excluding carboxylic acids is 2. The van der Waals surface area contributed by atoms with Crippen LogP contribution in [0.5, 0.6) is 0 Å². The van der Waals surface area contributed by atoms with Gasteiger partial charge < -0.3 is 10.1 Å². The van der Waals surface area contributed by atoms with Crippen molar-refractivity contribution in [3.05, 3.63) is 0 Å². The number of hydrogen-bond donors (Lipinski definition) is 1. The number of Topliss-reactive ketones (excluding diaryl/α,β-unsaturated/α-hetero) is 1. The third kappa shape index (κ3) is 19.3. The first kappa shape index (κ1) is 24.9. The van der Waals surface area contributed by atoms with Crippen molar-refractivity contribution >= 4 is 11.9 Å². The van der Waals surface area contributed by atoms with Crippen molar-refractivity contribution < 1.29 is 14.3 Å². The monoisotopic (exact) mass is 369 g/mol. The zero-order chi connectivity index (χ0) is 19.7. The summed E-state index contributed by atoms with van der Waals surface area (Å²) >= 11 is 0. The summed E-state index contributed by atoms with van der Waals surface area (Å²) in [6, 6.07) is 0. The van der Waals surface area contributed by atoms with Crippen LogP contribution in [0, 0.1) is 0 Å². The highest BCUT2D eigenvalue weighted by Gasteiger charge is 2.15. The van der Waals surface area contributed by atoms with Crippen molar-refractivity contribution in [1.82, 2.24) is 5.32 Å². The van der Waals surface area contributed by atoms with Gasteiger partial charge in [-0.15, -0.1) is 0 Å². The number of hydrogen-bond acceptors (Lipinski definition) is 3. The van der Waals surface area contributed by atoms with E-state index in [1.54, 1.807) is 0 Å². The molecule has 0 aromatic carbocycles. The maximum Gasteiger partial charge on any atom is 0.407 e. The minimum absolute atomic E-state index is 0.363. The van der Waals surface area contributed by atoms with Crippen LogP contribution in [0.1, 0.15) is 118 Å². The Morgan fingerprint density at radius 1 is 0.731 bits per heavy atom. The number of rotatable bonds is 16. The highest BCUT2D eigenvalue weighted by Crippen LogP contribution is 2.12. The van der Waals surface area contributed by atoms with Crippen LogP contribution >= 0.6 is 0 Å². The molecule has 0 radical (unpaired) electrons. The molecule has 4 heteroatoms. The van der Waals surface area contributed by atoms with E-state index in [0.29, 0.717) is 18.7 Å². The molecule has 4 nitrogen and oxygen atoms in total. The standard InChI is InChI=1S/C22H43NO3/c1-5-6-7-8-9-10-11-12-13-14-17-20(24)18-15-16-19-23-21(25)26-22(2,3)4/h5-19H2,1-4H3,(H,23,25). The average Bonchev–Trinajstić information content (AvgIpc) is 2.54. The largest absolute Gasteiger partial charge is 0.444 e. The molecule has 0 aliphatic carbocycles. The third-order valence-corrected chi connectivity index (χ3v) is 4.36. The van der Waals surface area contributed by atoms with E-state index < -0.39 is 5.60 Å². The molecule has 0 saturated heterocycles. The summed E-state index contributed by atoms with van der Waals surface area (Å²) in [5.41, 5.74) is -0.463. The molecule has 0 aromatic heterocycles. The van der Waals surface area contributed by atoms with Gasteiger partial charge in [0.1, 0.15) is 11.4 Å². The molecule has 0 heterocycles. The van der Waals surface area contributed by atoms with E-state index in [-0.39, 0.29) is 6.09 Å². The van der Waals surface area contributed by atoms with E-state index in [1.165, 1.54) is 57.8 Å². The maximum absolute atomic E-state index is 11.9. The summed E-state index contributed by atoms with van der Waals surface area (Å²) in [5, 5.41) is 2.73. The van der Waals surface area contributed by atoms with Gasteiger partial charge in [-0.25, -0.2) is 4.79 Å². The summed E-state index contributed by atoms with van der Waals surface area (Å²) in [6.07, 6.45) is 15.6. The Balaban J connectivity index is 3.33. The fraction of sp³-hybridized carbons (Fsp3) is 0.909. The van der Waals surface area contributed by atoms with Gasteiger partial charge in [-0.2, -0.15) is 0 Å². The summed E-state index contributed by atoms with van der Waals surface area (Å²) in [6.45, 7) is 8.36. The molecule has 0 spiro atoms. The van der Waals surface area contributed by atoms with Crippen molar-refractivity contribution in [2.45, 2.75) is 123 Å². The second-order valence-corrected chi connectivity index (χ2v) is 8.36. The van der Waals surface area contributed by atoms with Crippen LogP contribution in [-0.4, -0.2) is 24.0 Å². The smallest absolute Gasteiger partial charge is 0.407 e. The number of carbonyl (C=O) groups is 2. The van der Waals surface area contributed by atoms with Crippen LogP contribution in [0.3, 0.4) is 0 Å². The fourth-order valence-electron chi connectivity index (χ4n) is 2.89. The molecule has 0 aromatic rings. The van der Waals surface area contributed by atoms with E-state index in [4.69, 9.17) is 4.74 Å². The van der Waals surface area contributed by atoms with Crippen LogP contribution in [0.2, 0.25) is 0 Å². The van der Waals surface area contributed by atoms with Gasteiger partial charge in [0.2, 0.25) is 0 Å². The molecule has 0 aliphatic rings. The SMILES string of the molecule is CCCCCCCCCCCCC(=O)CCCCNC(=O)OC(C)(C)C. The average molecular weight is 370 g/mol. The molecule has 0 bridgehead atoms. The Hall–Kier alpha value is -1.06. The van der Waals surface area contributed by atoms with Crippen LogP contribution < -0.4 is 5.32 Å². The number of alkyl carbamates (subject to hydrolysis) is 1. The Labute approximate surface area is 161 Å². The Morgan fingerprint density at radius 2 is 1.19 bits per heavy atom. The molecule has 1 amide bonds. The summed E-state index contributed by atoms with van der Waals surface area (Å²) in [4.78, 5) is 23.3. The number of amides is 1. The van der Waals surface area contributed by atoms with E-state index in [9.17, 15) is 9.59 Å². The molecule has 1 N–H and O–H groups in total. The number of nitrogens with one attached hydrogen (secondary N) is 1. The van der Waals surface area contributed by atoms with Crippen molar-refractivity contribution in [3.63, 3.8) is 0 Å². The van der Waals surface area contributed by atoms with Crippen molar-refractivity contribution in [3.8, 4) is 0 Å². The molecule has 0 fully saturated rings. The van der Waals surface area contributed by atoms with E-state index in [2.05, 4.69) is 12.2 Å². The van der Waals surface area contributed by atoms with E-state index >= 15 is 0 Å². The van der Waals surface area contributed by atoms with E-state index in [0.717, 1.165) is 25.7 Å². The minimum Gasteiger partial charge on any atom is -0.444 e. The summed E-state index contributed by atoms with van der Waals surface area (Å²) in [5.74, 6) is 0.363. The van der Waals surface area contributed by atoms with Crippen molar-refractivity contribution in [1.29, 1.82) is 0 Å². The summed E-state index contributed by atoms with van der Waals surface area (Å²) in [7, 11) is 0. The molecule has 26 heavy (non-hydrogen) atoms. The van der Waals surface area contributed by atoms with Gasteiger partial charge in [0.25, 0.3) is 0 Å². The number of unbranched alkanes of at least 4 members (excludes halogenated alkanes) is 10. The van der Waals surface area contributed by atoms with Gasteiger partial charge >= 0.3 is 6.09 Å². The number of ketones is 1. The highest BCUT2D eigenvalue weighted by atomic mass is 16.6. The fourth-order valence-corrected chi connectivity index (χ4v) is 2.89. The zero-order valence-electron chi connectivity index (χ0n) is 17.8. The van der Waals surface area contributed by atoms with Gasteiger partial charge in [0.05, 0.1) is 0 Å². The predicted molar refractivity (Wildman–Crippen MR) is 110 cm³/mol. The third-order valence-electron chi connectivity index (χ3n) is 4.36. The van der Waals surface area contributed by atoms with Crippen LogP contribution in [0.15, 0.2) is 0 Å². The van der Waals surface area contributed by atoms with Crippen molar-refractivity contribution in [2.24, 2.45) is 0 Å². The Bertz CT molecular complexity index is 361. The zero-order valence-corrected chi connectivity index (χ0v) is 17.8. The first-order valence-corrected chi connectivity index (χ1v) is 10.8. The molecule has 154 valence electrons. The Kier molecular flexibility index (Phi) is 15.5. The molecule has 0 aliphatic heterocycles. The lowest BCUT2D eigenvalue weighted by atomic mass is 10.0. The first-order valence-electron chi connectivity index (χ1n) is 10.8. The molecule has 0 unspecified atom stereocenters. The Morgan fingerprint density at radius 3 is 1.69 bits per heavy atom. The minimum atomic E-state index is -0.463. The van der Waals surface area contributed by atoms with Crippen molar-refractivity contribution in [2.75, 3.05) is 6.54 Å².